The van der Waals surface area contributed by atoms with Crippen molar-refractivity contribution in [2.24, 2.45) is 0 Å². The van der Waals surface area contributed by atoms with Crippen molar-refractivity contribution in [3.05, 3.63) is 70.5 Å². The monoisotopic (exact) mass is 254 g/mol. The Hall–Kier alpha value is -2.18. The molecule has 0 saturated carbocycles. The zero-order valence-electron chi connectivity index (χ0n) is 10.8. The Labute approximate surface area is 112 Å². The quantitative estimate of drug-likeness (QED) is 0.908. The standard InChI is InChI=1S/C16H15FN2/c1-12-4-2-5-13(8-12)10-19-11-15-7-3-6-14(9-18)16(15)17/h2-8,19H,10-11H2,1H3. The van der Waals surface area contributed by atoms with Gasteiger partial charge in [0.25, 0.3) is 0 Å². The molecule has 0 aliphatic heterocycles. The van der Waals surface area contributed by atoms with Gasteiger partial charge >= 0.3 is 0 Å². The van der Waals surface area contributed by atoms with Crippen LogP contribution in [-0.4, -0.2) is 0 Å². The van der Waals surface area contributed by atoms with E-state index in [2.05, 4.69) is 11.4 Å². The van der Waals surface area contributed by atoms with Crippen molar-refractivity contribution in [3.8, 4) is 6.07 Å². The highest BCUT2D eigenvalue weighted by atomic mass is 19.1. The molecule has 1 N–H and O–H groups in total. The van der Waals surface area contributed by atoms with E-state index in [0.29, 0.717) is 18.7 Å². The lowest BCUT2D eigenvalue weighted by Crippen LogP contribution is -2.14. The van der Waals surface area contributed by atoms with Gasteiger partial charge in [0.05, 0.1) is 5.56 Å². The maximum atomic E-state index is 13.8. The van der Waals surface area contributed by atoms with Gasteiger partial charge in [-0.15, -0.1) is 0 Å². The molecule has 19 heavy (non-hydrogen) atoms. The molecule has 2 rings (SSSR count). The molecule has 2 aromatic carbocycles. The first-order valence-corrected chi connectivity index (χ1v) is 6.14. The largest absolute Gasteiger partial charge is 0.309 e. The molecule has 96 valence electrons. The van der Waals surface area contributed by atoms with Gasteiger partial charge < -0.3 is 5.32 Å². The summed E-state index contributed by atoms with van der Waals surface area (Å²) < 4.78 is 13.8. The molecule has 0 aromatic heterocycles. The van der Waals surface area contributed by atoms with Gasteiger partial charge in [0.15, 0.2) is 0 Å². The number of nitriles is 1. The summed E-state index contributed by atoms with van der Waals surface area (Å²) in [4.78, 5) is 0. The van der Waals surface area contributed by atoms with Crippen molar-refractivity contribution in [1.29, 1.82) is 5.26 Å². The van der Waals surface area contributed by atoms with Gasteiger partial charge in [0, 0.05) is 18.7 Å². The molecule has 0 saturated heterocycles. The highest BCUT2D eigenvalue weighted by Gasteiger charge is 2.06. The summed E-state index contributed by atoms with van der Waals surface area (Å²) in [5, 5.41) is 12.0. The lowest BCUT2D eigenvalue weighted by molar-refractivity contribution is 0.585. The van der Waals surface area contributed by atoms with Crippen LogP contribution in [0.4, 0.5) is 4.39 Å². The van der Waals surface area contributed by atoms with E-state index in [-0.39, 0.29) is 5.56 Å². The van der Waals surface area contributed by atoms with Gasteiger partial charge in [-0.2, -0.15) is 5.26 Å². The number of hydrogen-bond donors (Lipinski definition) is 1. The SMILES string of the molecule is Cc1cccc(CNCc2cccc(C#N)c2F)c1. The normalized spacial score (nSPS) is 10.2. The first-order chi connectivity index (χ1) is 9.20. The molecule has 0 aliphatic rings. The van der Waals surface area contributed by atoms with Crippen molar-refractivity contribution in [3.63, 3.8) is 0 Å². The number of hydrogen-bond acceptors (Lipinski definition) is 2. The van der Waals surface area contributed by atoms with Crippen LogP contribution in [0, 0.1) is 24.1 Å². The van der Waals surface area contributed by atoms with Crippen molar-refractivity contribution in [2.45, 2.75) is 20.0 Å². The minimum Gasteiger partial charge on any atom is -0.309 e. The van der Waals surface area contributed by atoms with Crippen LogP contribution >= 0.6 is 0 Å². The second-order valence-electron chi connectivity index (χ2n) is 4.48. The lowest BCUT2D eigenvalue weighted by atomic mass is 10.1. The highest BCUT2D eigenvalue weighted by molar-refractivity contribution is 5.35. The Morgan fingerprint density at radius 2 is 1.95 bits per heavy atom. The molecular formula is C16H15FN2. The Kier molecular flexibility index (Phi) is 4.27. The average Bonchev–Trinajstić information content (AvgIpc) is 2.41. The minimum absolute atomic E-state index is 0.0925. The Morgan fingerprint density at radius 1 is 1.16 bits per heavy atom. The van der Waals surface area contributed by atoms with Crippen LogP contribution in [0.5, 0.6) is 0 Å². The summed E-state index contributed by atoms with van der Waals surface area (Å²) in [6, 6.07) is 14.9. The molecular weight excluding hydrogens is 239 g/mol. The van der Waals surface area contributed by atoms with E-state index in [9.17, 15) is 4.39 Å². The van der Waals surface area contributed by atoms with Gasteiger partial charge in [0.2, 0.25) is 0 Å². The van der Waals surface area contributed by atoms with Crippen LogP contribution in [0.1, 0.15) is 22.3 Å². The predicted molar refractivity (Wildman–Crippen MR) is 72.8 cm³/mol. The molecule has 0 spiro atoms. The fraction of sp³-hybridized carbons (Fsp3) is 0.188. The maximum absolute atomic E-state index is 13.8. The third-order valence-corrected chi connectivity index (χ3v) is 2.93. The second-order valence-corrected chi connectivity index (χ2v) is 4.48. The van der Waals surface area contributed by atoms with Crippen LogP contribution in [0.15, 0.2) is 42.5 Å². The smallest absolute Gasteiger partial charge is 0.145 e. The first kappa shape index (κ1) is 13.3. The fourth-order valence-corrected chi connectivity index (χ4v) is 1.97. The van der Waals surface area contributed by atoms with Crippen molar-refractivity contribution in [1.82, 2.24) is 5.32 Å². The van der Waals surface area contributed by atoms with E-state index in [0.717, 1.165) is 5.56 Å². The summed E-state index contributed by atoms with van der Waals surface area (Å²) in [5.41, 5.74) is 2.98. The number of nitrogens with one attached hydrogen (secondary N) is 1. The second kappa shape index (κ2) is 6.12. The van der Waals surface area contributed by atoms with Gasteiger partial charge in [0.1, 0.15) is 11.9 Å². The summed E-state index contributed by atoms with van der Waals surface area (Å²) >= 11 is 0. The molecule has 0 amide bonds. The molecule has 2 nitrogen and oxygen atoms in total. The third kappa shape index (κ3) is 3.40. The summed E-state index contributed by atoms with van der Waals surface area (Å²) in [5.74, 6) is -0.429. The fourth-order valence-electron chi connectivity index (χ4n) is 1.97. The van der Waals surface area contributed by atoms with Crippen molar-refractivity contribution < 1.29 is 4.39 Å². The predicted octanol–water partition coefficient (Wildman–Crippen LogP) is 3.30. The molecule has 0 radical (unpaired) electrons. The first-order valence-electron chi connectivity index (χ1n) is 6.14. The molecule has 0 unspecified atom stereocenters. The van der Waals surface area contributed by atoms with Crippen LogP contribution < -0.4 is 5.32 Å². The molecule has 0 bridgehead atoms. The minimum atomic E-state index is -0.429. The van der Waals surface area contributed by atoms with Crippen LogP contribution in [0.3, 0.4) is 0 Å². The Balaban J connectivity index is 1.98. The van der Waals surface area contributed by atoms with Gasteiger partial charge in [-0.1, -0.05) is 42.0 Å². The Morgan fingerprint density at radius 3 is 2.68 bits per heavy atom. The molecule has 0 atom stereocenters. The number of nitrogens with zero attached hydrogens (tertiary/aromatic N) is 1. The van der Waals surface area contributed by atoms with E-state index in [1.807, 2.05) is 31.2 Å². The Bertz CT molecular complexity index is 614. The van der Waals surface area contributed by atoms with E-state index in [1.165, 1.54) is 11.6 Å². The summed E-state index contributed by atoms with van der Waals surface area (Å²) in [7, 11) is 0. The maximum Gasteiger partial charge on any atom is 0.145 e. The van der Waals surface area contributed by atoms with Crippen LogP contribution in [0.25, 0.3) is 0 Å². The lowest BCUT2D eigenvalue weighted by Gasteiger charge is -2.07. The van der Waals surface area contributed by atoms with Crippen molar-refractivity contribution >= 4 is 0 Å². The average molecular weight is 254 g/mol. The highest BCUT2D eigenvalue weighted by Crippen LogP contribution is 2.12. The van der Waals surface area contributed by atoms with Gasteiger partial charge in [-0.3, -0.25) is 0 Å². The van der Waals surface area contributed by atoms with E-state index in [1.54, 1.807) is 12.1 Å². The van der Waals surface area contributed by atoms with Gasteiger partial charge in [-0.25, -0.2) is 4.39 Å². The summed E-state index contributed by atoms with van der Waals surface area (Å²) in [6.45, 7) is 3.13. The zero-order valence-corrected chi connectivity index (χ0v) is 10.8. The number of halogens is 1. The van der Waals surface area contributed by atoms with Crippen LogP contribution in [0.2, 0.25) is 0 Å². The topological polar surface area (TPSA) is 35.8 Å². The molecule has 0 aliphatic carbocycles. The number of benzene rings is 2. The molecule has 2 aromatic rings. The van der Waals surface area contributed by atoms with E-state index < -0.39 is 5.82 Å². The summed E-state index contributed by atoms with van der Waals surface area (Å²) in [6.07, 6.45) is 0. The third-order valence-electron chi connectivity index (χ3n) is 2.93. The molecule has 0 heterocycles. The zero-order chi connectivity index (χ0) is 13.7. The van der Waals surface area contributed by atoms with E-state index >= 15 is 0 Å². The molecule has 3 heteroatoms. The number of rotatable bonds is 4. The van der Waals surface area contributed by atoms with Crippen LogP contribution in [-0.2, 0) is 13.1 Å². The van der Waals surface area contributed by atoms with Gasteiger partial charge in [-0.05, 0) is 18.6 Å². The van der Waals surface area contributed by atoms with Crippen molar-refractivity contribution in [2.75, 3.05) is 0 Å². The number of aryl methyl sites for hydroxylation is 1. The van der Waals surface area contributed by atoms with E-state index in [4.69, 9.17) is 5.26 Å². The molecule has 0 fully saturated rings.